The molecular formula is C21H30N6O. The van der Waals surface area contributed by atoms with Crippen LogP contribution in [0, 0.1) is 0 Å². The van der Waals surface area contributed by atoms with E-state index in [-0.39, 0.29) is 6.10 Å². The molecule has 7 heteroatoms. The molecule has 2 heterocycles. The summed E-state index contributed by atoms with van der Waals surface area (Å²) < 4.78 is 5.65. The normalized spacial score (nSPS) is 15.7. The van der Waals surface area contributed by atoms with Gasteiger partial charge >= 0.3 is 0 Å². The van der Waals surface area contributed by atoms with Crippen LogP contribution >= 0.6 is 0 Å². The molecule has 0 spiro atoms. The molecule has 1 aromatic carbocycles. The molecule has 1 fully saturated rings. The van der Waals surface area contributed by atoms with Crippen LogP contribution in [0.1, 0.15) is 19.4 Å². The highest BCUT2D eigenvalue weighted by atomic mass is 16.5. The average Bonchev–Trinajstić information content (AvgIpc) is 2.68. The summed E-state index contributed by atoms with van der Waals surface area (Å²) in [6, 6.07) is 11.7. The topological polar surface area (TPSA) is 79.0 Å². The molecule has 0 amide bonds. The number of rotatable bonds is 6. The number of anilines is 2. The van der Waals surface area contributed by atoms with Crippen LogP contribution in [0.4, 0.5) is 11.5 Å². The van der Waals surface area contributed by atoms with Crippen molar-refractivity contribution in [1.82, 2.24) is 9.88 Å². The molecule has 1 aliphatic heterocycles. The Morgan fingerprint density at radius 1 is 1.18 bits per heavy atom. The Bertz CT molecular complexity index is 782. The van der Waals surface area contributed by atoms with Crippen molar-refractivity contribution >= 4 is 17.5 Å². The van der Waals surface area contributed by atoms with E-state index in [1.165, 1.54) is 0 Å². The van der Waals surface area contributed by atoms with Crippen molar-refractivity contribution in [3.8, 4) is 5.75 Å². The molecule has 28 heavy (non-hydrogen) atoms. The number of nitrogens with two attached hydrogens (primary N) is 1. The zero-order valence-electron chi connectivity index (χ0n) is 16.9. The standard InChI is InChI=1S/C21H30N6O/c1-16(2)28-19-8-6-18(7-9-19)25-21(22)24-15-17-5-4-10-23-20(17)27-13-11-26(3)12-14-27/h4-10,16H,11-15H2,1-3H3,(H3,22,24,25). The zero-order valence-corrected chi connectivity index (χ0v) is 16.9. The van der Waals surface area contributed by atoms with E-state index < -0.39 is 0 Å². The largest absolute Gasteiger partial charge is 0.491 e. The molecule has 7 nitrogen and oxygen atoms in total. The summed E-state index contributed by atoms with van der Waals surface area (Å²) >= 11 is 0. The number of benzene rings is 1. The number of ether oxygens (including phenoxy) is 1. The van der Waals surface area contributed by atoms with Gasteiger partial charge in [-0.05, 0) is 51.2 Å². The second kappa shape index (κ2) is 9.41. The predicted molar refractivity (Wildman–Crippen MR) is 115 cm³/mol. The van der Waals surface area contributed by atoms with Gasteiger partial charge in [0.1, 0.15) is 11.6 Å². The molecule has 2 aromatic rings. The summed E-state index contributed by atoms with van der Waals surface area (Å²) in [7, 11) is 2.15. The Morgan fingerprint density at radius 3 is 2.57 bits per heavy atom. The molecule has 0 aliphatic carbocycles. The van der Waals surface area contributed by atoms with Gasteiger partial charge in [0.05, 0.1) is 12.6 Å². The van der Waals surface area contributed by atoms with Gasteiger partial charge in [-0.15, -0.1) is 0 Å². The molecule has 0 unspecified atom stereocenters. The molecular weight excluding hydrogens is 352 g/mol. The molecule has 150 valence electrons. The summed E-state index contributed by atoms with van der Waals surface area (Å²) in [6.45, 7) is 8.53. The van der Waals surface area contributed by atoms with Gasteiger partial charge in [0.15, 0.2) is 5.96 Å². The summed E-state index contributed by atoms with van der Waals surface area (Å²) in [4.78, 5) is 13.7. The van der Waals surface area contributed by atoms with Crippen molar-refractivity contribution in [3.63, 3.8) is 0 Å². The van der Waals surface area contributed by atoms with Crippen LogP contribution in [0.5, 0.6) is 5.75 Å². The van der Waals surface area contributed by atoms with Crippen molar-refractivity contribution in [2.24, 2.45) is 10.7 Å². The minimum Gasteiger partial charge on any atom is -0.491 e. The van der Waals surface area contributed by atoms with E-state index in [1.54, 1.807) is 0 Å². The SMILES string of the molecule is CC(C)Oc1ccc(NC(N)=NCc2cccnc2N2CCN(C)CC2)cc1. The van der Waals surface area contributed by atoms with Gasteiger partial charge in [-0.2, -0.15) is 0 Å². The Balaban J connectivity index is 1.62. The monoisotopic (exact) mass is 382 g/mol. The molecule has 1 saturated heterocycles. The minimum atomic E-state index is 0.152. The van der Waals surface area contributed by atoms with Gasteiger partial charge in [-0.25, -0.2) is 9.98 Å². The van der Waals surface area contributed by atoms with Crippen LogP contribution < -0.4 is 20.7 Å². The Kier molecular flexibility index (Phi) is 6.71. The number of nitrogens with zero attached hydrogens (tertiary/aromatic N) is 4. The van der Waals surface area contributed by atoms with Crippen molar-refractivity contribution in [2.45, 2.75) is 26.5 Å². The molecule has 0 radical (unpaired) electrons. The second-order valence-electron chi connectivity index (χ2n) is 7.29. The number of guanidine groups is 1. The lowest BCUT2D eigenvalue weighted by molar-refractivity contribution is 0.242. The lowest BCUT2D eigenvalue weighted by Crippen LogP contribution is -2.45. The lowest BCUT2D eigenvalue weighted by Gasteiger charge is -2.34. The molecule has 1 aromatic heterocycles. The molecule has 1 aliphatic rings. The third-order valence-electron chi connectivity index (χ3n) is 4.59. The van der Waals surface area contributed by atoms with E-state index in [0.717, 1.165) is 49.0 Å². The minimum absolute atomic E-state index is 0.152. The molecule has 0 saturated carbocycles. The van der Waals surface area contributed by atoms with Crippen molar-refractivity contribution in [2.75, 3.05) is 43.4 Å². The van der Waals surface area contributed by atoms with Crippen LogP contribution in [0.15, 0.2) is 47.6 Å². The highest BCUT2D eigenvalue weighted by Gasteiger charge is 2.17. The maximum atomic E-state index is 6.09. The molecule has 0 atom stereocenters. The van der Waals surface area contributed by atoms with Gasteiger partial charge in [-0.3, -0.25) is 0 Å². The zero-order chi connectivity index (χ0) is 19.9. The first-order valence-electron chi connectivity index (χ1n) is 9.72. The van der Waals surface area contributed by atoms with E-state index in [1.807, 2.05) is 50.4 Å². The number of likely N-dealkylation sites (N-methyl/N-ethyl adjacent to an activating group) is 1. The molecule has 3 N–H and O–H groups in total. The van der Waals surface area contributed by atoms with E-state index in [4.69, 9.17) is 10.5 Å². The van der Waals surface area contributed by atoms with E-state index in [0.29, 0.717) is 12.5 Å². The van der Waals surface area contributed by atoms with Crippen LogP contribution in [0.2, 0.25) is 0 Å². The van der Waals surface area contributed by atoms with Gasteiger partial charge in [-0.1, -0.05) is 6.07 Å². The highest BCUT2D eigenvalue weighted by Crippen LogP contribution is 2.20. The van der Waals surface area contributed by atoms with Crippen molar-refractivity contribution < 1.29 is 4.74 Å². The number of piperazine rings is 1. The van der Waals surface area contributed by atoms with E-state index in [2.05, 4.69) is 38.2 Å². The summed E-state index contributed by atoms with van der Waals surface area (Å²) in [5.41, 5.74) is 8.04. The summed E-state index contributed by atoms with van der Waals surface area (Å²) in [6.07, 6.45) is 1.99. The summed E-state index contributed by atoms with van der Waals surface area (Å²) in [5.74, 6) is 2.22. The van der Waals surface area contributed by atoms with Crippen molar-refractivity contribution in [1.29, 1.82) is 0 Å². The number of aromatic nitrogens is 1. The van der Waals surface area contributed by atoms with Gasteiger partial charge in [0.25, 0.3) is 0 Å². The van der Waals surface area contributed by atoms with Gasteiger partial charge in [0.2, 0.25) is 0 Å². The highest BCUT2D eigenvalue weighted by molar-refractivity contribution is 5.92. The van der Waals surface area contributed by atoms with Crippen molar-refractivity contribution in [3.05, 3.63) is 48.2 Å². The van der Waals surface area contributed by atoms with E-state index in [9.17, 15) is 0 Å². The maximum Gasteiger partial charge on any atom is 0.193 e. The molecule has 0 bridgehead atoms. The third-order valence-corrected chi connectivity index (χ3v) is 4.59. The Hall–Kier alpha value is -2.80. The average molecular weight is 383 g/mol. The smallest absolute Gasteiger partial charge is 0.193 e. The van der Waals surface area contributed by atoms with Crippen LogP contribution in [0.3, 0.4) is 0 Å². The third kappa shape index (κ3) is 5.60. The van der Waals surface area contributed by atoms with Crippen LogP contribution in [0.25, 0.3) is 0 Å². The Morgan fingerprint density at radius 2 is 1.89 bits per heavy atom. The van der Waals surface area contributed by atoms with E-state index >= 15 is 0 Å². The fraction of sp³-hybridized carbons (Fsp3) is 0.429. The van der Waals surface area contributed by atoms with Gasteiger partial charge < -0.3 is 25.6 Å². The first-order chi connectivity index (χ1) is 13.5. The predicted octanol–water partition coefficient (Wildman–Crippen LogP) is 2.55. The second-order valence-corrected chi connectivity index (χ2v) is 7.29. The van der Waals surface area contributed by atoms with Crippen LogP contribution in [-0.2, 0) is 6.54 Å². The fourth-order valence-electron chi connectivity index (χ4n) is 3.10. The fourth-order valence-corrected chi connectivity index (χ4v) is 3.10. The number of hydrogen-bond acceptors (Lipinski definition) is 5. The molecule has 3 rings (SSSR count). The number of hydrogen-bond donors (Lipinski definition) is 2. The number of pyridine rings is 1. The first kappa shape index (κ1) is 19.9. The quantitative estimate of drug-likeness (QED) is 0.590. The first-order valence-corrected chi connectivity index (χ1v) is 9.72. The van der Waals surface area contributed by atoms with Crippen LogP contribution in [-0.4, -0.2) is 55.2 Å². The van der Waals surface area contributed by atoms with Gasteiger partial charge in [0, 0.05) is 43.6 Å². The number of nitrogens with one attached hydrogen (secondary N) is 1. The maximum absolute atomic E-state index is 6.09. The summed E-state index contributed by atoms with van der Waals surface area (Å²) in [5, 5.41) is 3.13. The number of aliphatic imine (C=N–C) groups is 1. The lowest BCUT2D eigenvalue weighted by atomic mass is 10.2. The Labute approximate surface area is 167 Å².